The molecule has 0 spiro atoms. The number of carbonyl (C=O) groups excluding carboxylic acids is 3. The number of nitrogens with zero attached hydrogens (tertiary/aromatic N) is 4. The topological polar surface area (TPSA) is 276 Å². The lowest BCUT2D eigenvalue weighted by Crippen LogP contribution is -2.51. The summed E-state index contributed by atoms with van der Waals surface area (Å²) in [7, 11) is -1.92. The molecule has 4 heterocycles. The Bertz CT molecular complexity index is 2210. The van der Waals surface area contributed by atoms with Crippen LogP contribution in [0.15, 0.2) is 60.9 Å². The van der Waals surface area contributed by atoms with Gasteiger partial charge in [0.1, 0.15) is 24.3 Å². The lowest BCUT2D eigenvalue weighted by atomic mass is 9.95. The van der Waals surface area contributed by atoms with Crippen molar-refractivity contribution in [1.82, 2.24) is 35.1 Å². The zero-order chi connectivity index (χ0) is 44.4. The third-order valence-electron chi connectivity index (χ3n) is 11.2. The quantitative estimate of drug-likeness (QED) is 0.0279. The Labute approximate surface area is 374 Å². The third kappa shape index (κ3) is 13.4. The highest BCUT2D eigenvalue weighted by Crippen LogP contribution is 2.37. The zero-order valence-electron chi connectivity index (χ0n) is 36.8. The molecule has 2 aliphatic rings. The lowest BCUT2D eigenvalue weighted by molar-refractivity contribution is -0.229. The molecule has 6 rings (SSSR count). The summed E-state index contributed by atoms with van der Waals surface area (Å²) in [5.41, 5.74) is 6.29. The second-order valence-electron chi connectivity index (χ2n) is 16.2. The van der Waals surface area contributed by atoms with E-state index in [1.54, 1.807) is 0 Å². The summed E-state index contributed by atoms with van der Waals surface area (Å²) in [6.07, 6.45) is 6.14. The van der Waals surface area contributed by atoms with Gasteiger partial charge in [-0.25, -0.2) is 23.2 Å². The van der Waals surface area contributed by atoms with Gasteiger partial charge in [-0.15, -0.1) is 0 Å². The zero-order valence-corrected chi connectivity index (χ0v) is 38.5. The van der Waals surface area contributed by atoms with Crippen LogP contribution in [0.3, 0.4) is 0 Å². The highest BCUT2D eigenvalue weighted by atomic mass is 32.2. The molecular formula is C43H62N8O10S2. The van der Waals surface area contributed by atoms with Crippen LogP contribution in [0.5, 0.6) is 0 Å². The smallest absolute Gasteiger partial charge is 0.407 e. The van der Waals surface area contributed by atoms with Crippen LogP contribution < -0.4 is 5.32 Å². The van der Waals surface area contributed by atoms with Crippen LogP contribution in [0.2, 0.25) is 0 Å². The number of aromatic amines is 2. The van der Waals surface area contributed by atoms with Crippen molar-refractivity contribution in [3.63, 3.8) is 0 Å². The first-order valence-electron chi connectivity index (χ1n) is 20.3. The molecule has 5 atom stereocenters. The Morgan fingerprint density at radius 3 is 1.95 bits per heavy atom. The van der Waals surface area contributed by atoms with Gasteiger partial charge in [0.05, 0.1) is 48.1 Å². The van der Waals surface area contributed by atoms with Crippen molar-refractivity contribution in [2.75, 3.05) is 45.4 Å². The minimum Gasteiger partial charge on any atom is -0.453 e. The Balaban J connectivity index is 0.000000408. The summed E-state index contributed by atoms with van der Waals surface area (Å²) in [5, 5.41) is 8.98. The molecule has 20 heteroatoms. The van der Waals surface area contributed by atoms with E-state index in [0.717, 1.165) is 51.7 Å². The predicted molar refractivity (Wildman–Crippen MR) is 244 cm³/mol. The van der Waals surface area contributed by atoms with Crippen LogP contribution in [-0.2, 0) is 33.9 Å². The number of methoxy groups -OCH3 is 1. The second kappa shape index (κ2) is 23.4. The molecule has 2 aliphatic heterocycles. The second-order valence-corrected chi connectivity index (χ2v) is 18.9. The van der Waals surface area contributed by atoms with E-state index in [-0.39, 0.29) is 59.7 Å². The molecule has 0 saturated carbocycles. The Kier molecular flexibility index (Phi) is 19.4. The van der Waals surface area contributed by atoms with E-state index in [9.17, 15) is 22.8 Å². The number of alkyl carbamates (subject to hydrolysis) is 1. The number of rotatable bonds is 15. The van der Waals surface area contributed by atoms with Crippen molar-refractivity contribution in [2.45, 2.75) is 64.8 Å². The number of ether oxygens (including phenoxy) is 1. The monoisotopic (exact) mass is 914 g/mol. The number of imidazole rings is 2. The average Bonchev–Trinajstić information content (AvgIpc) is 4.08. The molecule has 63 heavy (non-hydrogen) atoms. The van der Waals surface area contributed by atoms with Gasteiger partial charge < -0.3 is 45.7 Å². The molecule has 4 aromatic rings. The SMILES string of the molecule is COC(=O)N[C@H](C(=O)N1CCC(S(C)(=O)=O)C1)C(C)C.Cc1ncc(-c2ccc(-c3ccc(-c4cnc([C@@H]5C[C@H](CS)CN5C(=O)[C@@H](COOC=N)C(C)C)[nH]4)cc3)cc2)[nH]1.O.O. The summed E-state index contributed by atoms with van der Waals surface area (Å²) < 4.78 is 27.5. The number of likely N-dealkylation sites (tertiary alicyclic amines) is 2. The number of sulfone groups is 1. The largest absolute Gasteiger partial charge is 0.453 e. The van der Waals surface area contributed by atoms with Gasteiger partial charge in [-0.1, -0.05) is 76.2 Å². The van der Waals surface area contributed by atoms with Gasteiger partial charge in [0.25, 0.3) is 0 Å². The number of benzene rings is 2. The molecule has 3 amide bonds. The molecule has 8 N–H and O–H groups in total. The first-order valence-corrected chi connectivity index (χ1v) is 22.9. The number of thiol groups is 1. The maximum Gasteiger partial charge on any atom is 0.407 e. The minimum atomic E-state index is -3.15. The number of hydrogen-bond acceptors (Lipinski definition) is 12. The van der Waals surface area contributed by atoms with Gasteiger partial charge >= 0.3 is 6.09 Å². The number of aryl methyl sites for hydroxylation is 1. The maximum atomic E-state index is 13.6. The average molecular weight is 915 g/mol. The summed E-state index contributed by atoms with van der Waals surface area (Å²) in [5.74, 6) is 1.91. The third-order valence-corrected chi connectivity index (χ3v) is 13.3. The fraction of sp³-hybridized carbons (Fsp3) is 0.488. The summed E-state index contributed by atoms with van der Waals surface area (Å²) in [4.78, 5) is 66.1. The van der Waals surface area contributed by atoms with Crippen molar-refractivity contribution >= 4 is 46.8 Å². The van der Waals surface area contributed by atoms with Gasteiger partial charge in [-0.3, -0.25) is 15.0 Å². The fourth-order valence-corrected chi connectivity index (χ4v) is 8.79. The lowest BCUT2D eigenvalue weighted by Gasteiger charge is -2.29. The first kappa shape index (κ1) is 52.1. The van der Waals surface area contributed by atoms with E-state index in [0.29, 0.717) is 31.7 Å². The van der Waals surface area contributed by atoms with Crippen molar-refractivity contribution in [1.29, 1.82) is 5.41 Å². The number of H-pyrrole nitrogens is 2. The van der Waals surface area contributed by atoms with E-state index in [2.05, 4.69) is 91.1 Å². The molecule has 2 fully saturated rings. The van der Waals surface area contributed by atoms with E-state index >= 15 is 0 Å². The summed E-state index contributed by atoms with van der Waals surface area (Å²) in [6, 6.07) is 15.9. The van der Waals surface area contributed by atoms with Crippen molar-refractivity contribution < 1.29 is 48.3 Å². The fourth-order valence-electron chi connectivity index (χ4n) is 7.55. The number of carbonyl (C=O) groups is 3. The van der Waals surface area contributed by atoms with Gasteiger partial charge in [-0.05, 0) is 65.5 Å². The number of amides is 3. The standard InChI is InChI=1S/C31H36N6O3S.C12H22N2O5S.2H2O/c1-19(2)26(16-39-40-18-32)31(38)37-15-21(17-41)12-29(37)30-34-14-28(36-30)25-10-6-23(7-11-25)22-4-8-24(9-5-22)27-13-33-20(3)35-27;1-8(2)10(13-12(16)19-3)11(15)14-6-5-9(7-14)20(4,17)18;;/h4-11,13-14,18-19,21,26,29,32,41H,12,15-17H2,1-3H3,(H,33,35)(H,34,36);8-10H,5-7H2,1-4H3,(H,13,16);2*1H2/t21-,26-,29-;9?,10-;;/m00../s1. The Hall–Kier alpha value is -5.28. The molecule has 1 unspecified atom stereocenters. The molecule has 2 aromatic heterocycles. The first-order chi connectivity index (χ1) is 29.0. The molecule has 0 radical (unpaired) electrons. The molecule has 18 nitrogen and oxygen atoms in total. The Morgan fingerprint density at radius 2 is 1.48 bits per heavy atom. The van der Waals surface area contributed by atoms with Crippen LogP contribution in [0.1, 0.15) is 58.2 Å². The van der Waals surface area contributed by atoms with Crippen molar-refractivity contribution in [3.05, 3.63) is 72.6 Å². The predicted octanol–water partition coefficient (Wildman–Crippen LogP) is 4.45. The van der Waals surface area contributed by atoms with Gasteiger partial charge in [0.15, 0.2) is 9.84 Å². The summed E-state index contributed by atoms with van der Waals surface area (Å²) in [6.45, 7) is 10.8. The van der Waals surface area contributed by atoms with E-state index in [1.165, 1.54) is 18.3 Å². The molecule has 2 aromatic carbocycles. The minimum absolute atomic E-state index is 0. The van der Waals surface area contributed by atoms with Crippen LogP contribution in [-0.4, -0.2) is 130 Å². The molecule has 0 bridgehead atoms. The van der Waals surface area contributed by atoms with Crippen LogP contribution in [0, 0.1) is 36.0 Å². The van der Waals surface area contributed by atoms with E-state index < -0.39 is 33.1 Å². The van der Waals surface area contributed by atoms with Crippen LogP contribution in [0.4, 0.5) is 4.79 Å². The molecule has 346 valence electrons. The van der Waals surface area contributed by atoms with E-state index in [4.69, 9.17) is 15.3 Å². The number of nitrogens with one attached hydrogen (secondary N) is 4. The summed E-state index contributed by atoms with van der Waals surface area (Å²) >= 11 is 4.52. The van der Waals surface area contributed by atoms with Gasteiger partial charge in [0, 0.05) is 25.9 Å². The normalized spacial score (nSPS) is 18.1. The highest BCUT2D eigenvalue weighted by Gasteiger charge is 2.41. The molecular weight excluding hydrogens is 853 g/mol. The number of aromatic nitrogens is 4. The Morgan fingerprint density at radius 1 is 0.905 bits per heavy atom. The number of hydrogen-bond donors (Lipinski definition) is 5. The maximum absolute atomic E-state index is 13.6. The highest BCUT2D eigenvalue weighted by molar-refractivity contribution is 7.91. The van der Waals surface area contributed by atoms with Gasteiger partial charge in [-0.2, -0.15) is 17.5 Å². The van der Waals surface area contributed by atoms with Crippen molar-refractivity contribution in [2.24, 2.45) is 23.7 Å². The molecule has 0 aliphatic carbocycles. The van der Waals surface area contributed by atoms with Gasteiger partial charge in [0.2, 0.25) is 18.2 Å². The van der Waals surface area contributed by atoms with Crippen LogP contribution >= 0.6 is 12.6 Å². The molecule has 2 saturated heterocycles. The van der Waals surface area contributed by atoms with Crippen molar-refractivity contribution in [3.8, 4) is 33.6 Å². The van der Waals surface area contributed by atoms with Crippen LogP contribution in [0.25, 0.3) is 33.6 Å². The van der Waals surface area contributed by atoms with E-state index in [1.807, 2.05) is 51.9 Å².